The lowest BCUT2D eigenvalue weighted by Gasteiger charge is -2.04. The van der Waals surface area contributed by atoms with E-state index in [1.54, 1.807) is 28.8 Å². The number of amides is 1. The van der Waals surface area contributed by atoms with E-state index in [9.17, 15) is 14.0 Å². The number of benzene rings is 1. The first kappa shape index (κ1) is 19.2. The van der Waals surface area contributed by atoms with Gasteiger partial charge in [0.15, 0.2) is 11.7 Å². The molecule has 0 aliphatic carbocycles. The fraction of sp³-hybridized carbons (Fsp3) is 0.211. The molecule has 3 rings (SSSR count). The van der Waals surface area contributed by atoms with Crippen LogP contribution < -0.4 is 5.32 Å². The number of thiophene rings is 1. The van der Waals surface area contributed by atoms with Crippen LogP contribution in [0.5, 0.6) is 0 Å². The van der Waals surface area contributed by atoms with Gasteiger partial charge in [0.2, 0.25) is 0 Å². The maximum absolute atomic E-state index is 13.0. The Kier molecular flexibility index (Phi) is 6.67. The Morgan fingerprint density at radius 1 is 1.15 bits per heavy atom. The van der Waals surface area contributed by atoms with E-state index in [1.165, 1.54) is 28.3 Å². The van der Waals surface area contributed by atoms with Crippen LogP contribution in [-0.2, 0) is 20.7 Å². The van der Waals surface area contributed by atoms with Crippen LogP contribution in [0.15, 0.2) is 47.2 Å². The third-order valence-corrected chi connectivity index (χ3v) is 5.33. The molecule has 0 aliphatic rings. The minimum absolute atomic E-state index is 0.275. The molecule has 0 atom stereocenters. The third-order valence-electron chi connectivity index (χ3n) is 3.64. The predicted octanol–water partition coefficient (Wildman–Crippen LogP) is 4.52. The maximum Gasteiger partial charge on any atom is 0.306 e. The molecule has 8 heteroatoms. The summed E-state index contributed by atoms with van der Waals surface area (Å²) in [7, 11) is 0. The van der Waals surface area contributed by atoms with Gasteiger partial charge in [-0.25, -0.2) is 9.37 Å². The van der Waals surface area contributed by atoms with Gasteiger partial charge in [-0.1, -0.05) is 6.07 Å². The molecule has 2 heterocycles. The topological polar surface area (TPSA) is 68.3 Å². The summed E-state index contributed by atoms with van der Waals surface area (Å²) in [5, 5.41) is 6.75. The zero-order valence-corrected chi connectivity index (χ0v) is 15.9. The van der Waals surface area contributed by atoms with E-state index < -0.39 is 11.9 Å². The number of hydrogen-bond acceptors (Lipinski definition) is 6. The van der Waals surface area contributed by atoms with Gasteiger partial charge in [0.25, 0.3) is 5.91 Å². The Hall–Kier alpha value is -2.58. The van der Waals surface area contributed by atoms with Crippen LogP contribution in [0.1, 0.15) is 17.7 Å². The van der Waals surface area contributed by atoms with Crippen LogP contribution in [0.25, 0.3) is 11.3 Å². The van der Waals surface area contributed by atoms with Crippen molar-refractivity contribution >= 4 is 39.7 Å². The van der Waals surface area contributed by atoms with Crippen LogP contribution in [0.2, 0.25) is 0 Å². The number of carbonyl (C=O) groups excluding carboxylic acids is 2. The van der Waals surface area contributed by atoms with Crippen molar-refractivity contribution in [3.05, 3.63) is 57.9 Å². The summed E-state index contributed by atoms with van der Waals surface area (Å²) in [5.41, 5.74) is 1.39. The summed E-state index contributed by atoms with van der Waals surface area (Å²) in [6, 6.07) is 9.94. The van der Waals surface area contributed by atoms with E-state index in [-0.39, 0.29) is 18.8 Å². The number of aromatic nitrogens is 1. The van der Waals surface area contributed by atoms with Gasteiger partial charge >= 0.3 is 5.97 Å². The summed E-state index contributed by atoms with van der Waals surface area (Å²) >= 11 is 2.90. The lowest BCUT2D eigenvalue weighted by molar-refractivity contribution is -0.147. The standard InChI is InChI=1S/C19H17FN2O3S2/c20-14-8-6-13(7-9-14)16-12-27-19(21-16)22-17(23)11-25-18(24)5-1-3-15-4-2-10-26-15/h2,4,6-10,12H,1,3,5,11H2,(H,21,22,23). The molecule has 1 amide bonds. The lowest BCUT2D eigenvalue weighted by atomic mass is 10.2. The fourth-order valence-electron chi connectivity index (χ4n) is 2.32. The van der Waals surface area contributed by atoms with E-state index in [0.29, 0.717) is 17.2 Å². The molecule has 0 radical (unpaired) electrons. The number of esters is 1. The van der Waals surface area contributed by atoms with Crippen molar-refractivity contribution in [2.24, 2.45) is 0 Å². The second-order valence-corrected chi connectivity index (χ2v) is 7.58. The van der Waals surface area contributed by atoms with Crippen LogP contribution in [0.3, 0.4) is 0 Å². The summed E-state index contributed by atoms with van der Waals surface area (Å²) in [6.07, 6.45) is 1.79. The second kappa shape index (κ2) is 9.38. The third kappa shape index (κ3) is 5.97. The number of hydrogen-bond donors (Lipinski definition) is 1. The van der Waals surface area contributed by atoms with Crippen molar-refractivity contribution in [1.82, 2.24) is 4.98 Å². The highest BCUT2D eigenvalue weighted by atomic mass is 32.1. The SMILES string of the molecule is O=C(COC(=O)CCCc1cccs1)Nc1nc(-c2ccc(F)cc2)cs1. The van der Waals surface area contributed by atoms with Gasteiger partial charge in [-0.05, 0) is 48.6 Å². The molecule has 3 aromatic rings. The minimum Gasteiger partial charge on any atom is -0.456 e. The van der Waals surface area contributed by atoms with Gasteiger partial charge in [0.05, 0.1) is 5.69 Å². The van der Waals surface area contributed by atoms with Gasteiger partial charge in [0.1, 0.15) is 5.82 Å². The van der Waals surface area contributed by atoms with Crippen molar-refractivity contribution in [3.63, 3.8) is 0 Å². The van der Waals surface area contributed by atoms with Gasteiger partial charge in [0, 0.05) is 22.2 Å². The number of halogens is 1. The van der Waals surface area contributed by atoms with E-state index in [0.717, 1.165) is 12.0 Å². The smallest absolute Gasteiger partial charge is 0.306 e. The molecule has 140 valence electrons. The molecule has 0 aliphatic heterocycles. The molecule has 0 unspecified atom stereocenters. The number of ether oxygens (including phenoxy) is 1. The molecule has 1 aromatic carbocycles. The minimum atomic E-state index is -0.443. The number of nitrogens with one attached hydrogen (secondary N) is 1. The zero-order valence-electron chi connectivity index (χ0n) is 14.3. The molecule has 1 N–H and O–H groups in total. The van der Waals surface area contributed by atoms with Crippen LogP contribution >= 0.6 is 22.7 Å². The van der Waals surface area contributed by atoms with E-state index in [2.05, 4.69) is 10.3 Å². The maximum atomic E-state index is 13.0. The highest BCUT2D eigenvalue weighted by Crippen LogP contribution is 2.25. The normalized spacial score (nSPS) is 10.6. The molecule has 0 spiro atoms. The molecule has 0 saturated carbocycles. The van der Waals surface area contributed by atoms with Crippen LogP contribution in [0.4, 0.5) is 9.52 Å². The molecule has 5 nitrogen and oxygen atoms in total. The summed E-state index contributed by atoms with van der Waals surface area (Å²) < 4.78 is 18.0. The largest absolute Gasteiger partial charge is 0.456 e. The van der Waals surface area contributed by atoms with E-state index in [4.69, 9.17) is 4.74 Å². The van der Waals surface area contributed by atoms with E-state index >= 15 is 0 Å². The summed E-state index contributed by atoms with van der Waals surface area (Å²) in [4.78, 5) is 29.1. The second-order valence-electron chi connectivity index (χ2n) is 5.69. The fourth-order valence-corrected chi connectivity index (χ4v) is 3.81. The van der Waals surface area contributed by atoms with Crippen molar-refractivity contribution in [1.29, 1.82) is 0 Å². The summed E-state index contributed by atoms with van der Waals surface area (Å²) in [6.45, 7) is -0.344. The number of thiazole rings is 1. The van der Waals surface area contributed by atoms with Crippen LogP contribution in [-0.4, -0.2) is 23.5 Å². The van der Waals surface area contributed by atoms with Gasteiger partial charge in [-0.15, -0.1) is 22.7 Å². The van der Waals surface area contributed by atoms with Gasteiger partial charge in [-0.2, -0.15) is 0 Å². The quantitative estimate of drug-likeness (QED) is 0.561. The molecule has 0 bridgehead atoms. The Labute approximate surface area is 163 Å². The molecular weight excluding hydrogens is 387 g/mol. The van der Waals surface area contributed by atoms with Crippen molar-refractivity contribution in [2.75, 3.05) is 11.9 Å². The first-order valence-electron chi connectivity index (χ1n) is 8.29. The zero-order chi connectivity index (χ0) is 19.1. The molecule has 0 saturated heterocycles. The highest BCUT2D eigenvalue weighted by Gasteiger charge is 2.11. The molecule has 2 aromatic heterocycles. The molecule has 0 fully saturated rings. The van der Waals surface area contributed by atoms with Gasteiger partial charge < -0.3 is 4.74 Å². The number of anilines is 1. The first-order chi connectivity index (χ1) is 13.1. The molecular formula is C19H17FN2O3S2. The average molecular weight is 404 g/mol. The Morgan fingerprint density at radius 2 is 1.96 bits per heavy atom. The van der Waals surface area contributed by atoms with Crippen molar-refractivity contribution in [3.8, 4) is 11.3 Å². The number of nitrogens with zero attached hydrogens (tertiary/aromatic N) is 1. The summed E-state index contributed by atoms with van der Waals surface area (Å²) in [5.74, 6) is -1.16. The highest BCUT2D eigenvalue weighted by molar-refractivity contribution is 7.14. The van der Waals surface area contributed by atoms with Gasteiger partial charge in [-0.3, -0.25) is 14.9 Å². The molecule has 27 heavy (non-hydrogen) atoms. The number of aryl methyl sites for hydroxylation is 1. The predicted molar refractivity (Wildman–Crippen MR) is 104 cm³/mol. The Bertz CT molecular complexity index is 892. The van der Waals surface area contributed by atoms with Crippen LogP contribution in [0, 0.1) is 5.82 Å². The number of carbonyl (C=O) groups is 2. The average Bonchev–Trinajstić information content (AvgIpc) is 3.33. The van der Waals surface area contributed by atoms with E-state index in [1.807, 2.05) is 17.5 Å². The lowest BCUT2D eigenvalue weighted by Crippen LogP contribution is -2.20. The van der Waals surface area contributed by atoms with Crippen molar-refractivity contribution in [2.45, 2.75) is 19.3 Å². The number of rotatable bonds is 8. The first-order valence-corrected chi connectivity index (χ1v) is 10.1. The Balaban J connectivity index is 1.40. The Morgan fingerprint density at radius 3 is 2.70 bits per heavy atom. The monoisotopic (exact) mass is 404 g/mol. The van der Waals surface area contributed by atoms with Crippen molar-refractivity contribution < 1.29 is 18.7 Å².